The molecule has 3 nitrogen and oxygen atoms in total. The molecule has 3 fully saturated rings. The number of hydrogen-bond acceptors (Lipinski definition) is 3. The Morgan fingerprint density at radius 1 is 1.23 bits per heavy atom. The van der Waals surface area contributed by atoms with E-state index in [-0.39, 0.29) is 0 Å². The molecule has 0 amide bonds. The molecule has 6 atom stereocenters. The van der Waals surface area contributed by atoms with Gasteiger partial charge in [0.2, 0.25) is 0 Å². The molecular weight excluding hydrogens is 384 g/mol. The average Bonchev–Trinajstić information content (AvgIpc) is 2.99. The van der Waals surface area contributed by atoms with Crippen molar-refractivity contribution in [2.24, 2.45) is 23.2 Å². The number of rotatable bonds is 6. The minimum absolute atomic E-state index is 0.366. The number of aliphatic hydroxyl groups excluding tert-OH is 1. The van der Waals surface area contributed by atoms with Crippen LogP contribution in [-0.2, 0) is 0 Å². The summed E-state index contributed by atoms with van der Waals surface area (Å²) in [5.41, 5.74) is 2.11. The van der Waals surface area contributed by atoms with Gasteiger partial charge >= 0.3 is 0 Å². The lowest BCUT2D eigenvalue weighted by atomic mass is 9.60. The molecule has 3 saturated carbocycles. The van der Waals surface area contributed by atoms with E-state index < -0.39 is 17.3 Å². The van der Waals surface area contributed by atoms with Gasteiger partial charge in [-0.1, -0.05) is 51.0 Å². The van der Waals surface area contributed by atoms with Crippen LogP contribution in [0.5, 0.6) is 0 Å². The van der Waals surface area contributed by atoms with Gasteiger partial charge in [0.25, 0.3) is 0 Å². The van der Waals surface area contributed by atoms with Crippen molar-refractivity contribution in [2.45, 2.75) is 116 Å². The van der Waals surface area contributed by atoms with Crippen LogP contribution in [0.4, 0.5) is 0 Å². The summed E-state index contributed by atoms with van der Waals surface area (Å²) in [6.45, 7) is 14.7. The molecule has 3 aliphatic carbocycles. The predicted molar refractivity (Wildman–Crippen MR) is 129 cm³/mol. The molecule has 0 heterocycles. The first-order valence-corrected chi connectivity index (χ1v) is 12.6. The van der Waals surface area contributed by atoms with Crippen LogP contribution < -0.4 is 0 Å². The number of aliphatic hydroxyl groups is 3. The van der Waals surface area contributed by atoms with Crippen molar-refractivity contribution in [1.29, 1.82) is 0 Å². The second-order valence-electron chi connectivity index (χ2n) is 12.0. The third-order valence-corrected chi connectivity index (χ3v) is 8.80. The summed E-state index contributed by atoms with van der Waals surface area (Å²) in [7, 11) is 0. The van der Waals surface area contributed by atoms with E-state index in [9.17, 15) is 15.3 Å². The maximum atomic E-state index is 10.6. The van der Waals surface area contributed by atoms with E-state index in [4.69, 9.17) is 0 Å². The van der Waals surface area contributed by atoms with E-state index in [1.165, 1.54) is 32.1 Å². The van der Waals surface area contributed by atoms with Gasteiger partial charge in [-0.2, -0.15) is 0 Å². The fourth-order valence-corrected chi connectivity index (χ4v) is 7.03. The Labute approximate surface area is 190 Å². The van der Waals surface area contributed by atoms with Gasteiger partial charge in [-0.05, 0) is 100 Å². The lowest BCUT2D eigenvalue weighted by Gasteiger charge is -2.44. The Kier molecular flexibility index (Phi) is 7.30. The highest BCUT2D eigenvalue weighted by Crippen LogP contribution is 2.60. The van der Waals surface area contributed by atoms with E-state index >= 15 is 0 Å². The summed E-state index contributed by atoms with van der Waals surface area (Å²) in [5.74, 6) is 2.09. The fraction of sp³-hybridized carbons (Fsp3) is 0.786. The quantitative estimate of drug-likeness (QED) is 0.477. The van der Waals surface area contributed by atoms with Crippen molar-refractivity contribution in [1.82, 2.24) is 0 Å². The van der Waals surface area contributed by atoms with Gasteiger partial charge in [0.05, 0.1) is 17.3 Å². The van der Waals surface area contributed by atoms with Crippen LogP contribution in [0.25, 0.3) is 0 Å². The lowest BCUT2D eigenvalue weighted by molar-refractivity contribution is 0.0204. The summed E-state index contributed by atoms with van der Waals surface area (Å²) in [6, 6.07) is 0. The Hall–Kier alpha value is -0.900. The molecule has 3 aliphatic rings. The van der Waals surface area contributed by atoms with E-state index in [1.807, 2.05) is 13.8 Å². The summed E-state index contributed by atoms with van der Waals surface area (Å²) < 4.78 is 0. The molecule has 0 saturated heterocycles. The van der Waals surface area contributed by atoms with Crippen LogP contribution in [0.1, 0.15) is 98.8 Å². The zero-order chi connectivity index (χ0) is 23.0. The second-order valence-corrected chi connectivity index (χ2v) is 12.0. The molecule has 176 valence electrons. The summed E-state index contributed by atoms with van der Waals surface area (Å²) >= 11 is 0. The van der Waals surface area contributed by atoms with Crippen molar-refractivity contribution < 1.29 is 15.3 Å². The third kappa shape index (κ3) is 5.54. The van der Waals surface area contributed by atoms with Gasteiger partial charge in [-0.3, -0.25) is 0 Å². The van der Waals surface area contributed by atoms with E-state index in [1.54, 1.807) is 12.5 Å². The maximum absolute atomic E-state index is 10.6. The Bertz CT molecular complexity index is 723. The molecule has 3 N–H and O–H groups in total. The molecule has 0 spiro atoms. The molecule has 0 aliphatic heterocycles. The van der Waals surface area contributed by atoms with Crippen LogP contribution in [0.3, 0.4) is 0 Å². The fourth-order valence-electron chi connectivity index (χ4n) is 7.03. The molecule has 0 aromatic carbocycles. The molecule has 3 rings (SSSR count). The monoisotopic (exact) mass is 430 g/mol. The predicted octanol–water partition coefficient (Wildman–Crippen LogP) is 6.09. The Morgan fingerprint density at radius 2 is 1.94 bits per heavy atom. The number of hydrogen-bond donors (Lipinski definition) is 3. The highest BCUT2D eigenvalue weighted by molar-refractivity contribution is 5.41. The van der Waals surface area contributed by atoms with Crippen LogP contribution in [0.2, 0.25) is 0 Å². The van der Waals surface area contributed by atoms with Gasteiger partial charge in [-0.25, -0.2) is 0 Å². The van der Waals surface area contributed by atoms with Crippen molar-refractivity contribution in [3.05, 3.63) is 35.5 Å². The first kappa shape index (κ1) is 24.7. The minimum Gasteiger partial charge on any atom is -0.393 e. The van der Waals surface area contributed by atoms with Gasteiger partial charge < -0.3 is 15.3 Å². The minimum atomic E-state index is -1.01. The van der Waals surface area contributed by atoms with Crippen molar-refractivity contribution in [3.63, 3.8) is 0 Å². The summed E-state index contributed by atoms with van der Waals surface area (Å²) in [5, 5.41) is 30.8. The van der Waals surface area contributed by atoms with Gasteiger partial charge in [-0.15, -0.1) is 0 Å². The normalized spacial score (nSPS) is 40.4. The van der Waals surface area contributed by atoms with E-state index in [2.05, 4.69) is 32.6 Å². The van der Waals surface area contributed by atoms with E-state index in [0.29, 0.717) is 30.1 Å². The second kappa shape index (κ2) is 9.15. The van der Waals surface area contributed by atoms with Crippen molar-refractivity contribution in [2.75, 3.05) is 0 Å². The lowest BCUT2D eigenvalue weighted by Crippen LogP contribution is -2.37. The molecule has 0 aromatic heterocycles. The van der Waals surface area contributed by atoms with Crippen LogP contribution >= 0.6 is 0 Å². The third-order valence-electron chi connectivity index (χ3n) is 8.80. The summed E-state index contributed by atoms with van der Waals surface area (Å²) in [4.78, 5) is 0. The molecule has 3 heteroatoms. The Morgan fingerprint density at radius 3 is 2.61 bits per heavy atom. The summed E-state index contributed by atoms with van der Waals surface area (Å²) in [6.07, 6.45) is 14.4. The standard InChI is InChI=1S/C28H46O3/c1-19(9-7-15-26(3,4)30)24-13-14-25-21(10-8-16-27(24,25)5)11-12-22-17-23(29)18-28(6,31)20(22)2/h11-12,19,23-25,29-31H,2,7-10,13-18H2,1,3-6H3/b21-11+,22-12-/t19-,23-,24+,25-,27+,28+/m0/s1. The SMILES string of the molecule is C=C1/C(=C\C=C2/CCC[C@]3(C)[C@@H]([C@@H](C)CCCC(C)(C)O)CC[C@@H]23)C[C@H](O)C[C@@]1(C)O. The Balaban J connectivity index is 1.72. The first-order chi connectivity index (χ1) is 14.3. The van der Waals surface area contributed by atoms with Crippen molar-refractivity contribution in [3.8, 4) is 0 Å². The molecule has 0 radical (unpaired) electrons. The maximum Gasteiger partial charge on any atom is 0.0890 e. The van der Waals surface area contributed by atoms with Crippen LogP contribution in [0.15, 0.2) is 35.5 Å². The highest BCUT2D eigenvalue weighted by Gasteiger charge is 2.50. The molecular formula is C28H46O3. The average molecular weight is 431 g/mol. The zero-order valence-electron chi connectivity index (χ0n) is 20.6. The molecule has 31 heavy (non-hydrogen) atoms. The van der Waals surface area contributed by atoms with E-state index in [0.717, 1.165) is 36.3 Å². The van der Waals surface area contributed by atoms with Gasteiger partial charge in [0.1, 0.15) is 0 Å². The van der Waals surface area contributed by atoms with Crippen LogP contribution in [0, 0.1) is 23.2 Å². The smallest absolute Gasteiger partial charge is 0.0890 e. The highest BCUT2D eigenvalue weighted by atomic mass is 16.3. The zero-order valence-corrected chi connectivity index (χ0v) is 20.6. The van der Waals surface area contributed by atoms with Crippen LogP contribution in [-0.4, -0.2) is 32.6 Å². The topological polar surface area (TPSA) is 60.7 Å². The number of fused-ring (bicyclic) bond motifs is 1. The molecule has 0 bridgehead atoms. The van der Waals surface area contributed by atoms with Gasteiger partial charge in [0.15, 0.2) is 0 Å². The van der Waals surface area contributed by atoms with Crippen molar-refractivity contribution >= 4 is 0 Å². The molecule has 0 unspecified atom stereocenters. The molecule has 0 aromatic rings. The van der Waals surface area contributed by atoms with Gasteiger partial charge in [0, 0.05) is 6.42 Å². The number of allylic oxidation sites excluding steroid dienone is 3. The first-order valence-electron chi connectivity index (χ1n) is 12.6. The largest absolute Gasteiger partial charge is 0.393 e.